The average Bonchev–Trinajstić information content (AvgIpc) is 3.96. The van der Waals surface area contributed by atoms with Crippen molar-refractivity contribution >= 4 is 46.6 Å². The highest BCUT2D eigenvalue weighted by atomic mass is 19.1. The molecule has 3 aliphatic carbocycles. The first-order chi connectivity index (χ1) is 22.9. The van der Waals surface area contributed by atoms with Gasteiger partial charge in [-0.25, -0.2) is 9.18 Å². The molecule has 0 radical (unpaired) electrons. The second-order valence-electron chi connectivity index (χ2n) is 14.0. The van der Waals surface area contributed by atoms with Gasteiger partial charge in [0, 0.05) is 30.8 Å². The van der Waals surface area contributed by atoms with Crippen LogP contribution in [-0.2, 0) is 27.2 Å². The van der Waals surface area contributed by atoms with E-state index in [2.05, 4.69) is 26.4 Å². The molecular formula is C35H42FN7O5. The molecule has 3 atom stereocenters. The topological polar surface area (TPSA) is 176 Å². The fourth-order valence-electron chi connectivity index (χ4n) is 7.28. The van der Waals surface area contributed by atoms with Crippen LogP contribution in [0, 0.1) is 34.9 Å². The molecule has 0 spiro atoms. The highest BCUT2D eigenvalue weighted by molar-refractivity contribution is 6.65. The molecular weight excluding hydrogens is 617 g/mol. The summed E-state index contributed by atoms with van der Waals surface area (Å²) in [4.78, 5) is 56.0. The third-order valence-electron chi connectivity index (χ3n) is 10.2. The number of nitrogens with one attached hydrogen (secondary N) is 5. The van der Waals surface area contributed by atoms with E-state index in [4.69, 9.17) is 5.41 Å². The number of hydrogen-bond acceptors (Lipinski definition) is 7. The lowest BCUT2D eigenvalue weighted by Gasteiger charge is -2.36. The number of anilines is 2. The van der Waals surface area contributed by atoms with Crippen molar-refractivity contribution in [2.24, 2.45) is 28.8 Å². The van der Waals surface area contributed by atoms with Crippen LogP contribution in [0.2, 0.25) is 0 Å². The first-order valence-corrected chi connectivity index (χ1v) is 16.6. The maximum atomic E-state index is 14.1. The van der Waals surface area contributed by atoms with Crippen molar-refractivity contribution in [2.75, 3.05) is 17.2 Å². The highest BCUT2D eigenvalue weighted by Gasteiger charge is 2.54. The van der Waals surface area contributed by atoms with Gasteiger partial charge in [0.05, 0.1) is 11.8 Å². The van der Waals surface area contributed by atoms with E-state index in [0.29, 0.717) is 24.1 Å². The molecule has 0 aromatic heterocycles. The summed E-state index contributed by atoms with van der Waals surface area (Å²) in [6.07, 6.45) is 4.26. The van der Waals surface area contributed by atoms with E-state index in [1.165, 1.54) is 25.1 Å². The van der Waals surface area contributed by atoms with E-state index in [9.17, 15) is 28.8 Å². The number of carbonyl (C=O) groups is 4. The number of nitrogens with zero attached hydrogens (tertiary/aromatic N) is 2. The van der Waals surface area contributed by atoms with Gasteiger partial charge in [0.15, 0.2) is 5.71 Å². The van der Waals surface area contributed by atoms with Crippen molar-refractivity contribution in [1.29, 1.82) is 5.41 Å². The fraction of sp³-hybridized carbons (Fsp3) is 0.486. The van der Waals surface area contributed by atoms with Gasteiger partial charge in [-0.05, 0) is 97.7 Å². The SMILES string of the molecule is CC(=N)C(=NO)C(=O)N[C@H](C(=O)Nc1ccc2c(c1)CC(C(=O)Nc1cccc(F)c1)(N1C[C@@H](C(C)C)NC1=O)C2)C(C1CC1)C1CC1. The van der Waals surface area contributed by atoms with Gasteiger partial charge in [-0.3, -0.25) is 14.4 Å². The van der Waals surface area contributed by atoms with Crippen LogP contribution in [0.15, 0.2) is 47.6 Å². The standard InChI is InChI=1S/C35H42FN7O5/c1-18(2)27-17-43(34(47)40-27)35(33(46)39-25-6-4-5-24(36)14-25)15-22-11-12-26(13-23(22)16-35)38-32(45)30(28(20-7-8-20)21-9-10-21)41-31(44)29(42-48)19(3)37/h4-6,11-14,18,20-21,27-28,30,37,48H,7-10,15-17H2,1-3H3,(H,38,45)(H,39,46)(H,40,47)(H,41,44)/t27-,30-,35?/m0/s1. The summed E-state index contributed by atoms with van der Waals surface area (Å²) < 4.78 is 14.0. The number of rotatable bonds is 12. The van der Waals surface area contributed by atoms with E-state index < -0.39 is 40.8 Å². The van der Waals surface area contributed by atoms with Crippen LogP contribution in [0.3, 0.4) is 0 Å². The minimum atomic E-state index is -1.30. The molecule has 2 aromatic rings. The van der Waals surface area contributed by atoms with Crippen LogP contribution in [0.5, 0.6) is 0 Å². The van der Waals surface area contributed by atoms with Crippen LogP contribution in [0.4, 0.5) is 20.6 Å². The first kappa shape index (κ1) is 33.1. The van der Waals surface area contributed by atoms with E-state index in [1.807, 2.05) is 19.9 Å². The molecule has 6 rings (SSSR count). The van der Waals surface area contributed by atoms with E-state index in [-0.39, 0.29) is 48.1 Å². The molecule has 5 amide bonds. The predicted octanol–water partition coefficient (Wildman–Crippen LogP) is 4.08. The molecule has 1 saturated heterocycles. The quantitative estimate of drug-likeness (QED) is 0.114. The monoisotopic (exact) mass is 659 g/mol. The van der Waals surface area contributed by atoms with Crippen molar-refractivity contribution in [3.8, 4) is 0 Å². The van der Waals surface area contributed by atoms with Crippen molar-refractivity contribution < 1.29 is 28.8 Å². The fourth-order valence-corrected chi connectivity index (χ4v) is 7.28. The number of urea groups is 1. The summed E-state index contributed by atoms with van der Waals surface area (Å²) in [6, 6.07) is 9.57. The number of halogens is 1. The Morgan fingerprint density at radius 2 is 1.69 bits per heavy atom. The highest BCUT2D eigenvalue weighted by Crippen LogP contribution is 2.51. The molecule has 4 aliphatic rings. The molecule has 6 N–H and O–H groups in total. The molecule has 2 saturated carbocycles. The number of oxime groups is 1. The van der Waals surface area contributed by atoms with Gasteiger partial charge < -0.3 is 36.8 Å². The van der Waals surface area contributed by atoms with Gasteiger partial charge in [0.2, 0.25) is 5.91 Å². The lowest BCUT2D eigenvalue weighted by atomic mass is 9.88. The molecule has 254 valence electrons. The predicted molar refractivity (Wildman–Crippen MR) is 178 cm³/mol. The molecule has 1 aliphatic heterocycles. The summed E-state index contributed by atoms with van der Waals surface area (Å²) in [6.45, 7) is 5.66. The molecule has 1 heterocycles. The average molecular weight is 660 g/mol. The third-order valence-corrected chi connectivity index (χ3v) is 10.2. The molecule has 2 aromatic carbocycles. The molecule has 13 heteroatoms. The number of amides is 5. The number of hydrogen-bond donors (Lipinski definition) is 6. The maximum absolute atomic E-state index is 14.1. The van der Waals surface area contributed by atoms with Gasteiger partial charge >= 0.3 is 6.03 Å². The number of fused-ring (bicyclic) bond motifs is 1. The summed E-state index contributed by atoms with van der Waals surface area (Å²) in [5.41, 5.74) is 0.396. The molecule has 3 fully saturated rings. The minimum absolute atomic E-state index is 0.0869. The molecule has 0 bridgehead atoms. The first-order valence-electron chi connectivity index (χ1n) is 16.6. The smallest absolute Gasteiger partial charge is 0.318 e. The second kappa shape index (κ2) is 13.0. The van der Waals surface area contributed by atoms with Gasteiger partial charge in [0.25, 0.3) is 11.8 Å². The maximum Gasteiger partial charge on any atom is 0.318 e. The number of carbonyl (C=O) groups excluding carboxylic acids is 4. The number of benzene rings is 2. The van der Waals surface area contributed by atoms with Crippen molar-refractivity contribution in [3.05, 3.63) is 59.4 Å². The Balaban J connectivity index is 1.26. The zero-order valence-corrected chi connectivity index (χ0v) is 27.3. The van der Waals surface area contributed by atoms with Gasteiger partial charge in [-0.15, -0.1) is 0 Å². The Labute approximate surface area is 278 Å². The summed E-state index contributed by atoms with van der Waals surface area (Å²) >= 11 is 0. The third kappa shape index (κ3) is 6.63. The Hall–Kier alpha value is -4.81. The zero-order chi connectivity index (χ0) is 34.3. The van der Waals surface area contributed by atoms with E-state index in [0.717, 1.165) is 36.8 Å². The van der Waals surface area contributed by atoms with Crippen LogP contribution in [0.1, 0.15) is 57.6 Å². The lowest BCUT2D eigenvalue weighted by molar-refractivity contribution is -0.125. The Morgan fingerprint density at radius 3 is 2.27 bits per heavy atom. The summed E-state index contributed by atoms with van der Waals surface area (Å²) in [5.74, 6) is -1.50. The Kier molecular flexibility index (Phi) is 8.97. The van der Waals surface area contributed by atoms with Crippen LogP contribution in [0.25, 0.3) is 0 Å². The van der Waals surface area contributed by atoms with E-state index in [1.54, 1.807) is 23.1 Å². The zero-order valence-electron chi connectivity index (χ0n) is 27.3. The molecule has 12 nitrogen and oxygen atoms in total. The van der Waals surface area contributed by atoms with Crippen molar-refractivity contribution in [2.45, 2.75) is 76.9 Å². The molecule has 48 heavy (non-hydrogen) atoms. The second-order valence-corrected chi connectivity index (χ2v) is 14.0. The minimum Gasteiger partial charge on any atom is -0.410 e. The van der Waals surface area contributed by atoms with Crippen LogP contribution < -0.4 is 21.3 Å². The van der Waals surface area contributed by atoms with Crippen molar-refractivity contribution in [3.63, 3.8) is 0 Å². The lowest BCUT2D eigenvalue weighted by Crippen LogP contribution is -2.59. The summed E-state index contributed by atoms with van der Waals surface area (Å²) in [5, 5.41) is 31.7. The van der Waals surface area contributed by atoms with Gasteiger partial charge in [0.1, 0.15) is 17.4 Å². The molecule has 1 unspecified atom stereocenters. The van der Waals surface area contributed by atoms with Crippen LogP contribution >= 0.6 is 0 Å². The van der Waals surface area contributed by atoms with Crippen molar-refractivity contribution in [1.82, 2.24) is 15.5 Å². The van der Waals surface area contributed by atoms with E-state index >= 15 is 0 Å². The normalized spacial score (nSPS) is 22.7. The van der Waals surface area contributed by atoms with Gasteiger partial charge in [-0.2, -0.15) is 0 Å². The Bertz CT molecular complexity index is 1670. The largest absolute Gasteiger partial charge is 0.410 e. The van der Waals surface area contributed by atoms with Gasteiger partial charge in [-0.1, -0.05) is 31.1 Å². The summed E-state index contributed by atoms with van der Waals surface area (Å²) in [7, 11) is 0. The Morgan fingerprint density at radius 1 is 1.02 bits per heavy atom. The van der Waals surface area contributed by atoms with Crippen LogP contribution in [-0.4, -0.2) is 69.5 Å².